The summed E-state index contributed by atoms with van der Waals surface area (Å²) in [6, 6.07) is 4.76. The molecule has 0 saturated carbocycles. The van der Waals surface area contributed by atoms with Gasteiger partial charge in [0.1, 0.15) is 4.90 Å². The van der Waals surface area contributed by atoms with Gasteiger partial charge in [-0.05, 0) is 37.4 Å². The van der Waals surface area contributed by atoms with Crippen molar-refractivity contribution in [1.29, 1.82) is 0 Å². The summed E-state index contributed by atoms with van der Waals surface area (Å²) in [5, 5.41) is 11.8. The molecule has 0 heterocycles. The number of rotatable bonds is 9. The van der Waals surface area contributed by atoms with E-state index in [0.717, 1.165) is 17.9 Å². The van der Waals surface area contributed by atoms with Gasteiger partial charge in [-0.15, -0.1) is 0 Å². The number of hydrogen-bond acceptors (Lipinski definition) is 6. The van der Waals surface area contributed by atoms with Crippen LogP contribution in [0.15, 0.2) is 23.1 Å². The van der Waals surface area contributed by atoms with Crippen molar-refractivity contribution in [2.45, 2.75) is 11.3 Å². The number of aliphatic hydroxyl groups is 1. The summed E-state index contributed by atoms with van der Waals surface area (Å²) in [7, 11) is -2.17. The fraction of sp³-hybridized carbons (Fsp3) is 0.500. The zero-order valence-electron chi connectivity index (χ0n) is 11.4. The van der Waals surface area contributed by atoms with Crippen LogP contribution in [0, 0.1) is 0 Å². The minimum atomic E-state index is -3.54. The monoisotopic (exact) mass is 319 g/mol. The highest BCUT2D eigenvalue weighted by Crippen LogP contribution is 2.23. The predicted octanol–water partition coefficient (Wildman–Crippen LogP) is 0.704. The van der Waals surface area contributed by atoms with Crippen LogP contribution in [-0.4, -0.2) is 45.2 Å². The van der Waals surface area contributed by atoms with Gasteiger partial charge in [0.15, 0.2) is 0 Å². The molecule has 8 heteroatoms. The van der Waals surface area contributed by atoms with Crippen molar-refractivity contribution in [3.63, 3.8) is 0 Å². The highest BCUT2D eigenvalue weighted by atomic mass is 32.2. The number of nitrogen functional groups attached to an aromatic ring is 1. The van der Waals surface area contributed by atoms with Gasteiger partial charge < -0.3 is 16.2 Å². The van der Waals surface area contributed by atoms with Crippen LogP contribution in [0.4, 0.5) is 11.4 Å². The van der Waals surface area contributed by atoms with Crippen molar-refractivity contribution >= 4 is 33.2 Å². The molecule has 114 valence electrons. The zero-order chi connectivity index (χ0) is 15.0. The van der Waals surface area contributed by atoms with Gasteiger partial charge in [0.25, 0.3) is 0 Å². The van der Waals surface area contributed by atoms with Gasteiger partial charge >= 0.3 is 0 Å². The van der Waals surface area contributed by atoms with Gasteiger partial charge in [0, 0.05) is 24.6 Å². The number of benzene rings is 1. The molecule has 1 aromatic rings. The second-order valence-corrected chi connectivity index (χ2v) is 7.16. The summed E-state index contributed by atoms with van der Waals surface area (Å²) in [5.41, 5.74) is 6.58. The second-order valence-electron chi connectivity index (χ2n) is 4.08. The highest BCUT2D eigenvalue weighted by Gasteiger charge is 2.16. The second kappa shape index (κ2) is 8.35. The quantitative estimate of drug-likeness (QED) is 0.395. The standard InChI is InChI=1S/C12H21N3O3S2/c1-14-20(17,18)12-9-10(13)3-4-11(12)15-5-8-19-7-2-6-16/h3-4,9,14-16H,2,5-8,13H2,1H3. The molecule has 1 aromatic carbocycles. The minimum Gasteiger partial charge on any atom is -0.399 e. The molecule has 0 bridgehead atoms. The van der Waals surface area contributed by atoms with E-state index in [1.807, 2.05) is 0 Å². The molecule has 0 aliphatic rings. The van der Waals surface area contributed by atoms with Gasteiger partial charge in [0.05, 0.1) is 5.69 Å². The molecule has 0 saturated heterocycles. The first-order chi connectivity index (χ1) is 9.51. The summed E-state index contributed by atoms with van der Waals surface area (Å²) in [6.07, 6.45) is 0.770. The Bertz CT molecular complexity index is 521. The third-order valence-electron chi connectivity index (χ3n) is 2.57. The van der Waals surface area contributed by atoms with Crippen molar-refractivity contribution in [1.82, 2.24) is 4.72 Å². The number of thioether (sulfide) groups is 1. The van der Waals surface area contributed by atoms with Gasteiger partial charge in [-0.1, -0.05) is 0 Å². The first-order valence-electron chi connectivity index (χ1n) is 6.27. The van der Waals surface area contributed by atoms with Crippen LogP contribution in [0.5, 0.6) is 0 Å². The number of anilines is 2. The van der Waals surface area contributed by atoms with Crippen molar-refractivity contribution in [2.24, 2.45) is 0 Å². The van der Waals surface area contributed by atoms with Crippen LogP contribution in [-0.2, 0) is 10.0 Å². The first-order valence-corrected chi connectivity index (χ1v) is 8.90. The van der Waals surface area contributed by atoms with E-state index in [0.29, 0.717) is 17.9 Å². The third kappa shape index (κ3) is 5.20. The predicted molar refractivity (Wildman–Crippen MR) is 84.6 cm³/mol. The van der Waals surface area contributed by atoms with E-state index in [1.165, 1.54) is 13.1 Å². The molecule has 0 spiro atoms. The lowest BCUT2D eigenvalue weighted by Crippen LogP contribution is -2.21. The summed E-state index contributed by atoms with van der Waals surface area (Å²) in [4.78, 5) is 0.153. The Labute approximate surface area is 124 Å². The van der Waals surface area contributed by atoms with Crippen molar-refractivity contribution in [3.8, 4) is 0 Å². The van der Waals surface area contributed by atoms with Crippen LogP contribution in [0.3, 0.4) is 0 Å². The van der Waals surface area contributed by atoms with E-state index in [1.54, 1.807) is 23.9 Å². The lowest BCUT2D eigenvalue weighted by atomic mass is 10.3. The zero-order valence-corrected chi connectivity index (χ0v) is 13.1. The molecule has 0 aliphatic heterocycles. The largest absolute Gasteiger partial charge is 0.399 e. The summed E-state index contributed by atoms with van der Waals surface area (Å²) < 4.78 is 26.1. The summed E-state index contributed by atoms with van der Waals surface area (Å²) >= 11 is 1.71. The molecule has 1 rings (SSSR count). The number of sulfonamides is 1. The lowest BCUT2D eigenvalue weighted by molar-refractivity contribution is 0.296. The molecule has 0 fully saturated rings. The average molecular weight is 319 g/mol. The fourth-order valence-electron chi connectivity index (χ4n) is 1.54. The van der Waals surface area contributed by atoms with Gasteiger partial charge in [-0.25, -0.2) is 13.1 Å². The Morgan fingerprint density at radius 3 is 2.75 bits per heavy atom. The average Bonchev–Trinajstić information content (AvgIpc) is 2.44. The highest BCUT2D eigenvalue weighted by molar-refractivity contribution is 7.99. The summed E-state index contributed by atoms with van der Waals surface area (Å²) in [5.74, 6) is 1.73. The molecule has 20 heavy (non-hydrogen) atoms. The minimum absolute atomic E-state index is 0.153. The van der Waals surface area contributed by atoms with Crippen LogP contribution < -0.4 is 15.8 Å². The molecular formula is C12H21N3O3S2. The van der Waals surface area contributed by atoms with Gasteiger partial charge in [-0.3, -0.25) is 0 Å². The molecule has 0 atom stereocenters. The smallest absolute Gasteiger partial charge is 0.242 e. The number of nitrogens with two attached hydrogens (primary N) is 1. The number of hydrogen-bond donors (Lipinski definition) is 4. The van der Waals surface area contributed by atoms with Gasteiger partial charge in [0.2, 0.25) is 10.0 Å². The first kappa shape index (κ1) is 17.1. The van der Waals surface area contributed by atoms with Crippen molar-refractivity contribution in [2.75, 3.05) is 42.8 Å². The van der Waals surface area contributed by atoms with E-state index in [2.05, 4.69) is 10.0 Å². The molecule has 0 aromatic heterocycles. The van der Waals surface area contributed by atoms with E-state index < -0.39 is 10.0 Å². The molecular weight excluding hydrogens is 298 g/mol. The number of nitrogens with one attached hydrogen (secondary N) is 2. The maximum atomic E-state index is 11.9. The van der Waals surface area contributed by atoms with Crippen LogP contribution in [0.2, 0.25) is 0 Å². The molecule has 0 amide bonds. The molecule has 0 aliphatic carbocycles. The number of aliphatic hydroxyl groups excluding tert-OH is 1. The maximum absolute atomic E-state index is 11.9. The Morgan fingerprint density at radius 1 is 1.35 bits per heavy atom. The van der Waals surface area contributed by atoms with Crippen LogP contribution in [0.25, 0.3) is 0 Å². The van der Waals surface area contributed by atoms with Crippen molar-refractivity contribution in [3.05, 3.63) is 18.2 Å². The van der Waals surface area contributed by atoms with Crippen LogP contribution in [0.1, 0.15) is 6.42 Å². The molecule has 6 nitrogen and oxygen atoms in total. The normalized spacial score (nSPS) is 11.5. The van der Waals surface area contributed by atoms with Crippen molar-refractivity contribution < 1.29 is 13.5 Å². The van der Waals surface area contributed by atoms with E-state index in [9.17, 15) is 8.42 Å². The maximum Gasteiger partial charge on any atom is 0.242 e. The lowest BCUT2D eigenvalue weighted by Gasteiger charge is -2.12. The van der Waals surface area contributed by atoms with E-state index in [4.69, 9.17) is 10.8 Å². The SMILES string of the molecule is CNS(=O)(=O)c1cc(N)ccc1NCCSCCCO. The van der Waals surface area contributed by atoms with E-state index >= 15 is 0 Å². The third-order valence-corrected chi connectivity index (χ3v) is 5.10. The Morgan fingerprint density at radius 2 is 2.10 bits per heavy atom. The Kier molecular flexibility index (Phi) is 7.14. The van der Waals surface area contributed by atoms with Gasteiger partial charge in [-0.2, -0.15) is 11.8 Å². The molecule has 0 radical (unpaired) electrons. The topological polar surface area (TPSA) is 104 Å². The van der Waals surface area contributed by atoms with Crippen LogP contribution >= 0.6 is 11.8 Å². The fourth-order valence-corrected chi connectivity index (χ4v) is 3.27. The Balaban J connectivity index is 2.66. The Hall–Kier alpha value is -0.960. The van der Waals surface area contributed by atoms with E-state index in [-0.39, 0.29) is 11.5 Å². The molecule has 0 unspecified atom stereocenters. The molecule has 5 N–H and O–H groups in total. The summed E-state index contributed by atoms with van der Waals surface area (Å²) in [6.45, 7) is 0.842.